The molecule has 3 nitrogen and oxygen atoms in total. The van der Waals surface area contributed by atoms with Gasteiger partial charge in [-0.2, -0.15) is 0 Å². The average molecular weight is 234 g/mol. The Labute approximate surface area is 104 Å². The maximum Gasteiger partial charge on any atom is 0.216 e. The van der Waals surface area contributed by atoms with E-state index in [-0.39, 0.29) is 5.91 Å². The Kier molecular flexibility index (Phi) is 5.70. The molecule has 1 unspecified atom stereocenters. The van der Waals surface area contributed by atoms with Gasteiger partial charge in [-0.3, -0.25) is 4.79 Å². The third-order valence-electron chi connectivity index (χ3n) is 2.84. The minimum atomic E-state index is 0.0201. The molecule has 0 saturated heterocycles. The van der Waals surface area contributed by atoms with Gasteiger partial charge < -0.3 is 10.6 Å². The summed E-state index contributed by atoms with van der Waals surface area (Å²) in [6.45, 7) is 7.29. The molecule has 2 N–H and O–H groups in total. The van der Waals surface area contributed by atoms with Gasteiger partial charge in [-0.15, -0.1) is 0 Å². The molecule has 17 heavy (non-hydrogen) atoms. The first kappa shape index (κ1) is 13.7. The van der Waals surface area contributed by atoms with Crippen LogP contribution in [0.3, 0.4) is 0 Å². The van der Waals surface area contributed by atoms with Crippen molar-refractivity contribution in [3.63, 3.8) is 0 Å². The number of carbonyl (C=O) groups excluding carboxylic acids is 1. The summed E-state index contributed by atoms with van der Waals surface area (Å²) in [5, 5.41) is 6.15. The number of benzene rings is 1. The average Bonchev–Trinajstić information content (AvgIpc) is 2.34. The van der Waals surface area contributed by atoms with E-state index in [4.69, 9.17) is 0 Å². The molecule has 0 saturated carbocycles. The molecule has 0 aromatic heterocycles. The SMILES string of the molecule is CCc1ccc(C(C)NCCNC(C)=O)cc1. The molecule has 0 heterocycles. The molecule has 0 fully saturated rings. The molecule has 1 atom stereocenters. The zero-order valence-corrected chi connectivity index (χ0v) is 10.9. The summed E-state index contributed by atoms with van der Waals surface area (Å²) < 4.78 is 0. The van der Waals surface area contributed by atoms with Gasteiger partial charge in [0.05, 0.1) is 0 Å². The minimum absolute atomic E-state index is 0.0201. The second-order valence-corrected chi connectivity index (χ2v) is 4.25. The van der Waals surface area contributed by atoms with Gasteiger partial charge in [-0.1, -0.05) is 31.2 Å². The number of hydrogen-bond acceptors (Lipinski definition) is 2. The molecular weight excluding hydrogens is 212 g/mol. The van der Waals surface area contributed by atoms with Crippen LogP contribution in [0.15, 0.2) is 24.3 Å². The van der Waals surface area contributed by atoms with Crippen molar-refractivity contribution in [3.8, 4) is 0 Å². The zero-order valence-electron chi connectivity index (χ0n) is 10.9. The van der Waals surface area contributed by atoms with Gasteiger partial charge in [0.25, 0.3) is 0 Å². The van der Waals surface area contributed by atoms with Crippen LogP contribution in [0.2, 0.25) is 0 Å². The second kappa shape index (κ2) is 7.07. The Bertz CT molecular complexity index is 346. The van der Waals surface area contributed by atoms with E-state index in [1.165, 1.54) is 18.1 Å². The molecule has 1 aromatic carbocycles. The highest BCUT2D eigenvalue weighted by molar-refractivity contribution is 5.72. The number of aryl methyl sites for hydroxylation is 1. The van der Waals surface area contributed by atoms with Gasteiger partial charge in [0.2, 0.25) is 5.91 Å². The molecule has 1 amide bonds. The lowest BCUT2D eigenvalue weighted by molar-refractivity contribution is -0.118. The summed E-state index contributed by atoms with van der Waals surface area (Å²) in [6, 6.07) is 8.97. The summed E-state index contributed by atoms with van der Waals surface area (Å²) in [5.41, 5.74) is 2.64. The Hall–Kier alpha value is -1.35. The first-order chi connectivity index (χ1) is 8.13. The molecule has 3 heteroatoms. The molecular formula is C14H22N2O. The van der Waals surface area contributed by atoms with Gasteiger partial charge in [-0.05, 0) is 24.5 Å². The highest BCUT2D eigenvalue weighted by Crippen LogP contribution is 2.13. The smallest absolute Gasteiger partial charge is 0.216 e. The molecule has 1 aromatic rings. The van der Waals surface area contributed by atoms with E-state index >= 15 is 0 Å². The third kappa shape index (κ3) is 5.00. The summed E-state index contributed by atoms with van der Waals surface area (Å²) in [5.74, 6) is 0.0201. The van der Waals surface area contributed by atoms with Crippen LogP contribution in [-0.2, 0) is 11.2 Å². The van der Waals surface area contributed by atoms with Gasteiger partial charge in [0.15, 0.2) is 0 Å². The summed E-state index contributed by atoms with van der Waals surface area (Å²) >= 11 is 0. The van der Waals surface area contributed by atoms with E-state index in [1.54, 1.807) is 0 Å². The third-order valence-corrected chi connectivity index (χ3v) is 2.84. The van der Waals surface area contributed by atoms with Crippen molar-refractivity contribution < 1.29 is 4.79 Å². The van der Waals surface area contributed by atoms with Crippen LogP contribution in [0.4, 0.5) is 0 Å². The molecule has 0 spiro atoms. The van der Waals surface area contributed by atoms with E-state index in [9.17, 15) is 4.79 Å². The minimum Gasteiger partial charge on any atom is -0.355 e. The molecule has 0 aliphatic carbocycles. The van der Waals surface area contributed by atoms with Gasteiger partial charge in [-0.25, -0.2) is 0 Å². The number of hydrogen-bond donors (Lipinski definition) is 2. The van der Waals surface area contributed by atoms with Crippen LogP contribution >= 0.6 is 0 Å². The van der Waals surface area contributed by atoms with Crippen molar-refractivity contribution in [2.24, 2.45) is 0 Å². The molecule has 1 rings (SSSR count). The van der Waals surface area contributed by atoms with E-state index in [2.05, 4.69) is 48.7 Å². The maximum atomic E-state index is 10.7. The largest absolute Gasteiger partial charge is 0.355 e. The molecule has 0 aliphatic heterocycles. The lowest BCUT2D eigenvalue weighted by Crippen LogP contribution is -2.31. The first-order valence-electron chi connectivity index (χ1n) is 6.20. The quantitative estimate of drug-likeness (QED) is 0.740. The highest BCUT2D eigenvalue weighted by atomic mass is 16.1. The Morgan fingerprint density at radius 2 is 1.88 bits per heavy atom. The first-order valence-corrected chi connectivity index (χ1v) is 6.20. The Morgan fingerprint density at radius 1 is 1.24 bits per heavy atom. The Balaban J connectivity index is 2.35. The summed E-state index contributed by atoms with van der Waals surface area (Å²) in [7, 11) is 0. The topological polar surface area (TPSA) is 41.1 Å². The number of nitrogens with one attached hydrogen (secondary N) is 2. The number of amides is 1. The van der Waals surface area contributed by atoms with Crippen molar-refractivity contribution >= 4 is 5.91 Å². The summed E-state index contributed by atoms with van der Waals surface area (Å²) in [6.07, 6.45) is 1.07. The fourth-order valence-corrected chi connectivity index (χ4v) is 1.69. The van der Waals surface area contributed by atoms with Crippen LogP contribution in [0, 0.1) is 0 Å². The van der Waals surface area contributed by atoms with Crippen LogP contribution < -0.4 is 10.6 Å². The van der Waals surface area contributed by atoms with Crippen molar-refractivity contribution in [2.75, 3.05) is 13.1 Å². The lowest BCUT2D eigenvalue weighted by atomic mass is 10.1. The second-order valence-electron chi connectivity index (χ2n) is 4.25. The van der Waals surface area contributed by atoms with Crippen molar-refractivity contribution in [3.05, 3.63) is 35.4 Å². The molecule has 0 radical (unpaired) electrons. The van der Waals surface area contributed by atoms with E-state index in [0.29, 0.717) is 12.6 Å². The summed E-state index contributed by atoms with van der Waals surface area (Å²) in [4.78, 5) is 10.7. The van der Waals surface area contributed by atoms with Crippen molar-refractivity contribution in [1.82, 2.24) is 10.6 Å². The number of rotatable bonds is 6. The molecule has 0 aliphatic rings. The normalized spacial score (nSPS) is 12.2. The molecule has 94 valence electrons. The van der Waals surface area contributed by atoms with Gasteiger partial charge >= 0.3 is 0 Å². The maximum absolute atomic E-state index is 10.7. The fourth-order valence-electron chi connectivity index (χ4n) is 1.69. The number of carbonyl (C=O) groups is 1. The van der Waals surface area contributed by atoms with Crippen LogP contribution in [0.25, 0.3) is 0 Å². The van der Waals surface area contributed by atoms with Crippen LogP contribution in [-0.4, -0.2) is 19.0 Å². The van der Waals surface area contributed by atoms with Crippen LogP contribution in [0.5, 0.6) is 0 Å². The predicted molar refractivity (Wildman–Crippen MR) is 70.9 cm³/mol. The highest BCUT2D eigenvalue weighted by Gasteiger charge is 2.03. The van der Waals surface area contributed by atoms with Gasteiger partial charge in [0, 0.05) is 26.1 Å². The van der Waals surface area contributed by atoms with Crippen molar-refractivity contribution in [1.29, 1.82) is 0 Å². The zero-order chi connectivity index (χ0) is 12.7. The van der Waals surface area contributed by atoms with Crippen LogP contribution in [0.1, 0.15) is 37.9 Å². The monoisotopic (exact) mass is 234 g/mol. The molecule has 0 bridgehead atoms. The fraction of sp³-hybridized carbons (Fsp3) is 0.500. The Morgan fingerprint density at radius 3 is 2.41 bits per heavy atom. The van der Waals surface area contributed by atoms with Gasteiger partial charge in [0.1, 0.15) is 0 Å². The van der Waals surface area contributed by atoms with Crippen molar-refractivity contribution in [2.45, 2.75) is 33.2 Å². The predicted octanol–water partition coefficient (Wildman–Crippen LogP) is 2.04. The van der Waals surface area contributed by atoms with E-state index in [1.807, 2.05) is 0 Å². The van der Waals surface area contributed by atoms with E-state index < -0.39 is 0 Å². The van der Waals surface area contributed by atoms with E-state index in [0.717, 1.165) is 13.0 Å². The standard InChI is InChI=1S/C14H22N2O/c1-4-13-5-7-14(8-6-13)11(2)15-9-10-16-12(3)17/h5-8,11,15H,4,9-10H2,1-3H3,(H,16,17). The lowest BCUT2D eigenvalue weighted by Gasteiger charge is -2.14.